The van der Waals surface area contributed by atoms with Crippen molar-refractivity contribution in [3.05, 3.63) is 0 Å². The number of carbonyl (C=O) groups excluding carboxylic acids is 1. The summed E-state index contributed by atoms with van der Waals surface area (Å²) in [5, 5.41) is 6.32. The number of amides is 1. The van der Waals surface area contributed by atoms with Crippen molar-refractivity contribution < 1.29 is 9.53 Å². The van der Waals surface area contributed by atoms with Crippen LogP contribution in [0.4, 0.5) is 4.79 Å². The Morgan fingerprint density at radius 2 is 2.19 bits per heavy atom. The van der Waals surface area contributed by atoms with Crippen LogP contribution in [0, 0.1) is 0 Å². The van der Waals surface area contributed by atoms with Crippen molar-refractivity contribution in [2.75, 3.05) is 13.1 Å². The minimum Gasteiger partial charge on any atom is -0.444 e. The van der Waals surface area contributed by atoms with Crippen LogP contribution >= 0.6 is 0 Å². The molecule has 0 aromatic rings. The van der Waals surface area contributed by atoms with Crippen molar-refractivity contribution in [2.45, 2.75) is 58.1 Å². The largest absolute Gasteiger partial charge is 0.444 e. The molecule has 0 aliphatic carbocycles. The topological polar surface area (TPSA) is 50.4 Å². The van der Waals surface area contributed by atoms with Gasteiger partial charge in [-0.3, -0.25) is 0 Å². The molecule has 1 aliphatic heterocycles. The van der Waals surface area contributed by atoms with Crippen molar-refractivity contribution in [1.29, 1.82) is 0 Å². The van der Waals surface area contributed by atoms with Gasteiger partial charge in [-0.25, -0.2) is 4.79 Å². The van der Waals surface area contributed by atoms with Crippen molar-refractivity contribution in [2.24, 2.45) is 0 Å². The van der Waals surface area contributed by atoms with Gasteiger partial charge in [0.2, 0.25) is 0 Å². The average Bonchev–Trinajstić information content (AvgIpc) is 2.49. The molecular formula is C12H24N2O2. The standard InChI is InChI=1S/C12H24N2O2/c1-5-6-12(7-8-13-9-12)14-10(15)16-11(2,3)4/h13H,5-9H2,1-4H3,(H,14,15). The van der Waals surface area contributed by atoms with Crippen LogP contribution in [0.1, 0.15) is 47.0 Å². The fourth-order valence-corrected chi connectivity index (χ4v) is 2.12. The highest BCUT2D eigenvalue weighted by Gasteiger charge is 2.35. The third-order valence-electron chi connectivity index (χ3n) is 2.74. The summed E-state index contributed by atoms with van der Waals surface area (Å²) in [7, 11) is 0. The van der Waals surface area contributed by atoms with Gasteiger partial charge in [-0.05, 0) is 40.2 Å². The lowest BCUT2D eigenvalue weighted by molar-refractivity contribution is 0.0458. The van der Waals surface area contributed by atoms with Crippen LogP contribution in [0.25, 0.3) is 0 Å². The van der Waals surface area contributed by atoms with Gasteiger partial charge in [-0.2, -0.15) is 0 Å². The van der Waals surface area contributed by atoms with Crippen LogP contribution in [0.2, 0.25) is 0 Å². The zero-order chi connectivity index (χ0) is 12.2. The lowest BCUT2D eigenvalue weighted by atomic mass is 9.93. The van der Waals surface area contributed by atoms with E-state index in [4.69, 9.17) is 4.74 Å². The molecule has 0 aromatic heterocycles. The fourth-order valence-electron chi connectivity index (χ4n) is 2.12. The van der Waals surface area contributed by atoms with Gasteiger partial charge in [0.1, 0.15) is 5.60 Å². The molecule has 4 nitrogen and oxygen atoms in total. The zero-order valence-corrected chi connectivity index (χ0v) is 10.9. The summed E-state index contributed by atoms with van der Waals surface area (Å²) in [6.07, 6.45) is 2.75. The van der Waals surface area contributed by atoms with E-state index in [2.05, 4.69) is 17.6 Å². The first-order chi connectivity index (χ1) is 7.37. The van der Waals surface area contributed by atoms with Crippen LogP contribution in [-0.4, -0.2) is 30.3 Å². The molecule has 1 rings (SSSR count). The first-order valence-electron chi connectivity index (χ1n) is 6.09. The summed E-state index contributed by atoms with van der Waals surface area (Å²) in [5.74, 6) is 0. The molecule has 94 valence electrons. The quantitative estimate of drug-likeness (QED) is 0.777. The molecule has 0 aromatic carbocycles. The van der Waals surface area contributed by atoms with Crippen LogP contribution in [0.5, 0.6) is 0 Å². The molecule has 1 saturated heterocycles. The van der Waals surface area contributed by atoms with E-state index in [1.165, 1.54) is 0 Å². The number of hydrogen-bond acceptors (Lipinski definition) is 3. The molecule has 1 heterocycles. The van der Waals surface area contributed by atoms with E-state index in [1.807, 2.05) is 20.8 Å². The molecule has 4 heteroatoms. The molecule has 0 spiro atoms. The SMILES string of the molecule is CCCC1(NC(=O)OC(C)(C)C)CCNC1. The normalized spacial score (nSPS) is 25.5. The Kier molecular flexibility index (Phi) is 4.19. The van der Waals surface area contributed by atoms with Crippen LogP contribution in [0.3, 0.4) is 0 Å². The third kappa shape index (κ3) is 4.00. The van der Waals surface area contributed by atoms with Crippen molar-refractivity contribution in [3.8, 4) is 0 Å². The van der Waals surface area contributed by atoms with Gasteiger partial charge < -0.3 is 15.4 Å². The second-order valence-corrected chi connectivity index (χ2v) is 5.58. The van der Waals surface area contributed by atoms with Crippen LogP contribution in [0.15, 0.2) is 0 Å². The van der Waals surface area contributed by atoms with Crippen LogP contribution in [-0.2, 0) is 4.74 Å². The molecule has 1 amide bonds. The lowest BCUT2D eigenvalue weighted by Crippen LogP contribution is -2.51. The minimum absolute atomic E-state index is 0.100. The number of nitrogens with one attached hydrogen (secondary N) is 2. The van der Waals surface area contributed by atoms with Gasteiger partial charge in [0, 0.05) is 6.54 Å². The Morgan fingerprint density at radius 3 is 2.62 bits per heavy atom. The predicted octanol–water partition coefficient (Wildman–Crippen LogP) is 2.04. The molecule has 16 heavy (non-hydrogen) atoms. The number of alkyl carbamates (subject to hydrolysis) is 1. The molecule has 0 bridgehead atoms. The van der Waals surface area contributed by atoms with Crippen molar-refractivity contribution in [3.63, 3.8) is 0 Å². The Balaban J connectivity index is 2.52. The summed E-state index contributed by atoms with van der Waals surface area (Å²) in [6.45, 7) is 9.59. The van der Waals surface area contributed by atoms with Gasteiger partial charge in [0.25, 0.3) is 0 Å². The smallest absolute Gasteiger partial charge is 0.408 e. The third-order valence-corrected chi connectivity index (χ3v) is 2.74. The minimum atomic E-state index is -0.427. The number of hydrogen-bond donors (Lipinski definition) is 2. The van der Waals surface area contributed by atoms with Gasteiger partial charge in [0.05, 0.1) is 5.54 Å². The molecular weight excluding hydrogens is 204 g/mol. The predicted molar refractivity (Wildman–Crippen MR) is 64.5 cm³/mol. The van der Waals surface area contributed by atoms with E-state index < -0.39 is 5.60 Å². The second-order valence-electron chi connectivity index (χ2n) is 5.58. The highest BCUT2D eigenvalue weighted by molar-refractivity contribution is 5.69. The second kappa shape index (κ2) is 5.04. The van der Waals surface area contributed by atoms with Crippen molar-refractivity contribution in [1.82, 2.24) is 10.6 Å². The molecule has 2 N–H and O–H groups in total. The summed E-state index contributed by atoms with van der Waals surface area (Å²) in [4.78, 5) is 11.7. The van der Waals surface area contributed by atoms with Crippen molar-refractivity contribution >= 4 is 6.09 Å². The summed E-state index contributed by atoms with van der Waals surface area (Å²) in [5.41, 5.74) is -0.527. The maximum absolute atomic E-state index is 11.7. The van der Waals surface area contributed by atoms with E-state index in [1.54, 1.807) is 0 Å². The van der Waals surface area contributed by atoms with E-state index in [9.17, 15) is 4.79 Å². The first-order valence-corrected chi connectivity index (χ1v) is 6.09. The number of ether oxygens (including phenoxy) is 1. The van der Waals surface area contributed by atoms with E-state index in [0.29, 0.717) is 0 Å². The van der Waals surface area contributed by atoms with E-state index in [-0.39, 0.29) is 11.6 Å². The van der Waals surface area contributed by atoms with Gasteiger partial charge >= 0.3 is 6.09 Å². The zero-order valence-electron chi connectivity index (χ0n) is 10.9. The maximum Gasteiger partial charge on any atom is 0.408 e. The monoisotopic (exact) mass is 228 g/mol. The van der Waals surface area contributed by atoms with Gasteiger partial charge in [0.15, 0.2) is 0 Å². The summed E-state index contributed by atoms with van der Waals surface area (Å²) >= 11 is 0. The Bertz CT molecular complexity index is 240. The van der Waals surface area contributed by atoms with Gasteiger partial charge in [-0.15, -0.1) is 0 Å². The number of rotatable bonds is 3. The number of carbonyl (C=O) groups is 1. The van der Waals surface area contributed by atoms with Gasteiger partial charge in [-0.1, -0.05) is 13.3 Å². The Labute approximate surface area is 98.1 Å². The Morgan fingerprint density at radius 1 is 1.50 bits per heavy atom. The lowest BCUT2D eigenvalue weighted by Gasteiger charge is -2.30. The first kappa shape index (κ1) is 13.3. The Hall–Kier alpha value is -0.770. The fraction of sp³-hybridized carbons (Fsp3) is 0.917. The molecule has 1 atom stereocenters. The average molecular weight is 228 g/mol. The van der Waals surface area contributed by atoms with E-state index >= 15 is 0 Å². The highest BCUT2D eigenvalue weighted by atomic mass is 16.6. The van der Waals surface area contributed by atoms with E-state index in [0.717, 1.165) is 32.4 Å². The molecule has 0 saturated carbocycles. The molecule has 1 unspecified atom stereocenters. The molecule has 0 radical (unpaired) electrons. The summed E-state index contributed by atoms with van der Waals surface area (Å²) < 4.78 is 5.29. The highest BCUT2D eigenvalue weighted by Crippen LogP contribution is 2.21. The molecule has 1 fully saturated rings. The van der Waals surface area contributed by atoms with Crippen LogP contribution < -0.4 is 10.6 Å². The maximum atomic E-state index is 11.7. The summed E-state index contributed by atoms with van der Waals surface area (Å²) in [6, 6.07) is 0. The molecule has 1 aliphatic rings.